The Bertz CT molecular complexity index is 389. The van der Waals surface area contributed by atoms with E-state index in [1.807, 2.05) is 0 Å². The van der Waals surface area contributed by atoms with Crippen LogP contribution >= 0.6 is 11.6 Å². The molecule has 2 N–H and O–H groups in total. The third-order valence-electron chi connectivity index (χ3n) is 1.78. The first-order valence-electron chi connectivity index (χ1n) is 3.96. The molecule has 1 aromatic carbocycles. The van der Waals surface area contributed by atoms with Crippen molar-refractivity contribution in [3.63, 3.8) is 0 Å². The molecule has 0 amide bonds. The lowest BCUT2D eigenvalue weighted by Gasteiger charge is -2.09. The molecule has 0 saturated carbocycles. The lowest BCUT2D eigenvalue weighted by molar-refractivity contribution is -0.137. The number of alkyl halides is 3. The van der Waals surface area contributed by atoms with E-state index in [9.17, 15) is 18.0 Å². The Hall–Kier alpha value is -1.07. The van der Waals surface area contributed by atoms with E-state index >= 15 is 0 Å². The summed E-state index contributed by atoms with van der Waals surface area (Å²) >= 11 is 5.37. The van der Waals surface area contributed by atoms with E-state index < -0.39 is 22.5 Å². The van der Waals surface area contributed by atoms with Gasteiger partial charge in [-0.05, 0) is 18.2 Å². The summed E-state index contributed by atoms with van der Waals surface area (Å²) in [6, 6.07) is 2.96. The van der Waals surface area contributed by atoms with E-state index in [-0.39, 0.29) is 12.1 Å². The molecule has 0 aliphatic heterocycles. The van der Waals surface area contributed by atoms with Crippen molar-refractivity contribution in [3.05, 3.63) is 34.3 Å². The molecule has 1 aromatic rings. The fourth-order valence-corrected chi connectivity index (χ4v) is 1.26. The molecule has 2 nitrogen and oxygen atoms in total. The lowest BCUT2D eigenvalue weighted by atomic mass is 10.1. The number of Topliss-reactive ketones (excluding diaryl/α,β-unsaturated/α-hetero) is 1. The second-order valence-corrected chi connectivity index (χ2v) is 3.23. The lowest BCUT2D eigenvalue weighted by Crippen LogP contribution is -2.15. The molecule has 0 heterocycles. The van der Waals surface area contributed by atoms with Gasteiger partial charge in [0.2, 0.25) is 0 Å². The second-order valence-electron chi connectivity index (χ2n) is 2.82. The van der Waals surface area contributed by atoms with Crippen LogP contribution in [0.4, 0.5) is 13.2 Å². The van der Waals surface area contributed by atoms with E-state index in [0.29, 0.717) is 6.07 Å². The van der Waals surface area contributed by atoms with E-state index in [2.05, 4.69) is 0 Å². The topological polar surface area (TPSA) is 43.1 Å². The van der Waals surface area contributed by atoms with Gasteiger partial charge in [0, 0.05) is 5.56 Å². The number of halogens is 4. The van der Waals surface area contributed by atoms with E-state index in [1.165, 1.54) is 6.07 Å². The Morgan fingerprint density at radius 2 is 2.00 bits per heavy atom. The molecule has 82 valence electrons. The Balaban J connectivity index is 3.23. The molecule has 0 aliphatic rings. The van der Waals surface area contributed by atoms with Gasteiger partial charge in [0.25, 0.3) is 0 Å². The minimum atomic E-state index is -4.57. The van der Waals surface area contributed by atoms with Crippen molar-refractivity contribution >= 4 is 17.4 Å². The van der Waals surface area contributed by atoms with Gasteiger partial charge in [-0.25, -0.2) is 0 Å². The maximum atomic E-state index is 12.4. The van der Waals surface area contributed by atoms with Gasteiger partial charge in [-0.1, -0.05) is 11.6 Å². The summed E-state index contributed by atoms with van der Waals surface area (Å²) in [6.45, 7) is -0.334. The molecule has 0 bridgehead atoms. The fraction of sp³-hybridized carbons (Fsp3) is 0.222. The zero-order chi connectivity index (χ0) is 11.6. The van der Waals surface area contributed by atoms with Gasteiger partial charge in [-0.3, -0.25) is 4.79 Å². The molecule has 6 heteroatoms. The van der Waals surface area contributed by atoms with Crippen LogP contribution in [-0.2, 0) is 6.18 Å². The van der Waals surface area contributed by atoms with Crippen LogP contribution in [0.3, 0.4) is 0 Å². The van der Waals surface area contributed by atoms with Crippen molar-refractivity contribution in [1.29, 1.82) is 0 Å². The molecule has 15 heavy (non-hydrogen) atoms. The summed E-state index contributed by atoms with van der Waals surface area (Å²) in [5, 5.41) is -0.434. The maximum Gasteiger partial charge on any atom is 0.417 e. The van der Waals surface area contributed by atoms with Crippen LogP contribution in [0.5, 0.6) is 0 Å². The Labute approximate surface area is 88.8 Å². The predicted octanol–water partition coefficient (Wildman–Crippen LogP) is 2.50. The first-order chi connectivity index (χ1) is 6.86. The summed E-state index contributed by atoms with van der Waals surface area (Å²) in [5.41, 5.74) is 3.92. The van der Waals surface area contributed by atoms with Crippen molar-refractivity contribution in [1.82, 2.24) is 0 Å². The molecule has 0 spiro atoms. The number of hydrogen-bond acceptors (Lipinski definition) is 2. The van der Waals surface area contributed by atoms with Crippen LogP contribution in [0, 0.1) is 0 Å². The van der Waals surface area contributed by atoms with Gasteiger partial charge in [0.05, 0.1) is 17.1 Å². The molecule has 0 aliphatic carbocycles. The zero-order valence-corrected chi connectivity index (χ0v) is 8.19. The zero-order valence-electron chi connectivity index (χ0n) is 7.44. The first-order valence-corrected chi connectivity index (χ1v) is 4.34. The van der Waals surface area contributed by atoms with Crippen molar-refractivity contribution in [2.75, 3.05) is 6.54 Å². The molecule has 1 rings (SSSR count). The Morgan fingerprint density at radius 3 is 2.47 bits per heavy atom. The van der Waals surface area contributed by atoms with Gasteiger partial charge in [0.1, 0.15) is 0 Å². The fourth-order valence-electron chi connectivity index (χ4n) is 1.03. The van der Waals surface area contributed by atoms with Gasteiger partial charge in [0.15, 0.2) is 5.78 Å². The highest BCUT2D eigenvalue weighted by Crippen LogP contribution is 2.35. The average Bonchev–Trinajstić information content (AvgIpc) is 2.15. The number of carbonyl (C=O) groups is 1. The van der Waals surface area contributed by atoms with Crippen LogP contribution in [-0.4, -0.2) is 12.3 Å². The van der Waals surface area contributed by atoms with Crippen LogP contribution in [0.1, 0.15) is 15.9 Å². The summed E-state index contributed by atoms with van der Waals surface area (Å²) in [7, 11) is 0. The molecule has 0 unspecified atom stereocenters. The highest BCUT2D eigenvalue weighted by Gasteiger charge is 2.33. The number of carbonyl (C=O) groups excluding carboxylic acids is 1. The third kappa shape index (κ3) is 2.70. The quantitative estimate of drug-likeness (QED) is 0.803. The smallest absolute Gasteiger partial charge is 0.324 e. The Morgan fingerprint density at radius 1 is 1.40 bits per heavy atom. The number of hydrogen-bond donors (Lipinski definition) is 1. The predicted molar refractivity (Wildman–Crippen MR) is 49.8 cm³/mol. The van der Waals surface area contributed by atoms with Gasteiger partial charge in [-0.2, -0.15) is 13.2 Å². The highest BCUT2D eigenvalue weighted by atomic mass is 35.5. The molecule has 0 radical (unpaired) electrons. The summed E-state index contributed by atoms with van der Waals surface area (Å²) in [6.07, 6.45) is -4.57. The minimum absolute atomic E-state index is 0.0887. The molecule has 0 fully saturated rings. The van der Waals surface area contributed by atoms with Gasteiger partial charge >= 0.3 is 6.18 Å². The standard InChI is InChI=1S/C9H7ClF3NO/c10-7-2-1-5(8(15)4-14)3-6(7)9(11,12)13/h1-3H,4,14H2. The van der Waals surface area contributed by atoms with Crippen LogP contribution < -0.4 is 5.73 Å². The molecule has 0 aromatic heterocycles. The number of benzene rings is 1. The summed E-state index contributed by atoms with van der Waals surface area (Å²) in [5.74, 6) is -0.558. The molecular formula is C9H7ClF3NO. The van der Waals surface area contributed by atoms with Crippen molar-refractivity contribution in [2.45, 2.75) is 6.18 Å². The third-order valence-corrected chi connectivity index (χ3v) is 2.11. The number of ketones is 1. The maximum absolute atomic E-state index is 12.4. The van der Waals surface area contributed by atoms with Crippen LogP contribution in [0.15, 0.2) is 18.2 Å². The van der Waals surface area contributed by atoms with Crippen molar-refractivity contribution in [3.8, 4) is 0 Å². The first kappa shape index (κ1) is 12.0. The monoisotopic (exact) mass is 237 g/mol. The molecule has 0 saturated heterocycles. The number of rotatable bonds is 2. The van der Waals surface area contributed by atoms with Crippen LogP contribution in [0.25, 0.3) is 0 Å². The van der Waals surface area contributed by atoms with E-state index in [0.717, 1.165) is 6.07 Å². The largest absolute Gasteiger partial charge is 0.417 e. The van der Waals surface area contributed by atoms with Crippen LogP contribution in [0.2, 0.25) is 5.02 Å². The van der Waals surface area contributed by atoms with Gasteiger partial charge in [-0.15, -0.1) is 0 Å². The minimum Gasteiger partial charge on any atom is -0.324 e. The van der Waals surface area contributed by atoms with Gasteiger partial charge < -0.3 is 5.73 Å². The second kappa shape index (κ2) is 4.20. The highest BCUT2D eigenvalue weighted by molar-refractivity contribution is 6.31. The SMILES string of the molecule is NCC(=O)c1ccc(Cl)c(C(F)(F)F)c1. The van der Waals surface area contributed by atoms with E-state index in [1.54, 1.807) is 0 Å². The Kier molecular flexibility index (Phi) is 3.36. The number of nitrogens with two attached hydrogens (primary N) is 1. The normalized spacial score (nSPS) is 11.5. The molecular weight excluding hydrogens is 231 g/mol. The van der Waals surface area contributed by atoms with Crippen molar-refractivity contribution in [2.24, 2.45) is 5.73 Å². The van der Waals surface area contributed by atoms with Crippen molar-refractivity contribution < 1.29 is 18.0 Å². The van der Waals surface area contributed by atoms with E-state index in [4.69, 9.17) is 17.3 Å². The summed E-state index contributed by atoms with van der Waals surface area (Å²) in [4.78, 5) is 11.1. The molecule has 0 atom stereocenters. The average molecular weight is 238 g/mol. The summed E-state index contributed by atoms with van der Waals surface area (Å²) < 4.78 is 37.1.